The highest BCUT2D eigenvalue weighted by atomic mass is 32.2. The lowest BCUT2D eigenvalue weighted by Gasteiger charge is -2.29. The molecule has 2 aliphatic heterocycles. The average Bonchev–Trinajstić information content (AvgIpc) is 3.16. The number of hydrogen-bond acceptors (Lipinski definition) is 5. The predicted octanol–water partition coefficient (Wildman–Crippen LogP) is 1.85. The van der Waals surface area contributed by atoms with Crippen molar-refractivity contribution in [1.82, 2.24) is 15.1 Å². The molecule has 1 N–H and O–H groups in total. The van der Waals surface area contributed by atoms with E-state index >= 15 is 0 Å². The lowest BCUT2D eigenvalue weighted by molar-refractivity contribution is 0.198. The summed E-state index contributed by atoms with van der Waals surface area (Å²) in [6, 6.07) is 6.53. The fourth-order valence-corrected chi connectivity index (χ4v) is 4.76. The molecule has 0 aromatic heterocycles. The van der Waals surface area contributed by atoms with Crippen molar-refractivity contribution in [3.63, 3.8) is 0 Å². The molecule has 1 aromatic carbocycles. The third kappa shape index (κ3) is 6.60. The summed E-state index contributed by atoms with van der Waals surface area (Å²) >= 11 is 0. The van der Waals surface area contributed by atoms with E-state index in [9.17, 15) is 8.42 Å². The Kier molecular flexibility index (Phi) is 7.77. The number of nitrogens with zero attached hydrogens (tertiary/aromatic N) is 3. The standard InChI is InChI=1S/C21H34N4O3S/c1-22-21(25-14-10-18(17-25)16-24-12-4-3-5-13-24)23-11-15-28-19-6-8-20(9-7-19)29(2,26)27/h6-9,18H,3-5,10-17H2,1-2H3,(H,22,23). The van der Waals surface area contributed by atoms with Gasteiger partial charge in [0.1, 0.15) is 12.4 Å². The molecule has 29 heavy (non-hydrogen) atoms. The van der Waals surface area contributed by atoms with Crippen LogP contribution in [0, 0.1) is 5.92 Å². The molecule has 0 bridgehead atoms. The summed E-state index contributed by atoms with van der Waals surface area (Å²) in [5.41, 5.74) is 0. The summed E-state index contributed by atoms with van der Waals surface area (Å²) in [6.45, 7) is 6.96. The first kappa shape index (κ1) is 21.9. The normalized spacial score (nSPS) is 21.4. The van der Waals surface area contributed by atoms with Crippen molar-refractivity contribution in [2.45, 2.75) is 30.6 Å². The lowest BCUT2D eigenvalue weighted by atomic mass is 10.1. The molecule has 8 heteroatoms. The predicted molar refractivity (Wildman–Crippen MR) is 116 cm³/mol. The number of nitrogens with one attached hydrogen (secondary N) is 1. The molecule has 0 spiro atoms. The molecule has 0 radical (unpaired) electrons. The molecule has 1 aromatic rings. The molecule has 0 saturated carbocycles. The van der Waals surface area contributed by atoms with Gasteiger partial charge in [0.2, 0.25) is 0 Å². The van der Waals surface area contributed by atoms with E-state index in [1.807, 2.05) is 7.05 Å². The van der Waals surface area contributed by atoms with Crippen LogP contribution in [0.15, 0.2) is 34.2 Å². The monoisotopic (exact) mass is 422 g/mol. The Morgan fingerprint density at radius 3 is 2.55 bits per heavy atom. The maximum absolute atomic E-state index is 11.5. The molecule has 2 heterocycles. The minimum Gasteiger partial charge on any atom is -0.492 e. The molecular weight excluding hydrogens is 388 g/mol. The summed E-state index contributed by atoms with van der Waals surface area (Å²) in [4.78, 5) is 9.70. The van der Waals surface area contributed by atoms with Crippen LogP contribution < -0.4 is 10.1 Å². The van der Waals surface area contributed by atoms with Crippen LogP contribution in [0.5, 0.6) is 5.75 Å². The van der Waals surface area contributed by atoms with Crippen molar-refractivity contribution in [2.24, 2.45) is 10.9 Å². The Bertz CT molecular complexity index is 774. The van der Waals surface area contributed by atoms with Crippen molar-refractivity contribution < 1.29 is 13.2 Å². The fourth-order valence-electron chi connectivity index (χ4n) is 4.13. The van der Waals surface area contributed by atoms with Crippen LogP contribution in [0.1, 0.15) is 25.7 Å². The van der Waals surface area contributed by atoms with Gasteiger partial charge in [-0.15, -0.1) is 0 Å². The van der Waals surface area contributed by atoms with Gasteiger partial charge < -0.3 is 19.9 Å². The minimum atomic E-state index is -3.18. The summed E-state index contributed by atoms with van der Waals surface area (Å²) < 4.78 is 28.7. The maximum atomic E-state index is 11.5. The zero-order valence-corrected chi connectivity index (χ0v) is 18.5. The van der Waals surface area contributed by atoms with Crippen molar-refractivity contribution in [3.8, 4) is 5.75 Å². The van der Waals surface area contributed by atoms with Gasteiger partial charge in [0, 0.05) is 32.9 Å². The maximum Gasteiger partial charge on any atom is 0.193 e. The second kappa shape index (κ2) is 10.3. The van der Waals surface area contributed by atoms with Gasteiger partial charge in [-0.05, 0) is 62.5 Å². The van der Waals surface area contributed by atoms with Crippen molar-refractivity contribution in [1.29, 1.82) is 0 Å². The van der Waals surface area contributed by atoms with E-state index in [2.05, 4.69) is 20.1 Å². The molecule has 0 amide bonds. The van der Waals surface area contributed by atoms with E-state index in [1.165, 1.54) is 51.6 Å². The Labute approximate surface area is 175 Å². The van der Waals surface area contributed by atoms with Crippen molar-refractivity contribution >= 4 is 15.8 Å². The fraction of sp³-hybridized carbons (Fsp3) is 0.667. The number of hydrogen-bond donors (Lipinski definition) is 1. The molecule has 2 fully saturated rings. The zero-order chi connectivity index (χ0) is 20.7. The molecule has 1 atom stereocenters. The van der Waals surface area contributed by atoms with Crippen molar-refractivity contribution in [2.75, 3.05) is 59.2 Å². The smallest absolute Gasteiger partial charge is 0.193 e. The average molecular weight is 423 g/mol. The second-order valence-corrected chi connectivity index (χ2v) is 10.0. The number of guanidine groups is 1. The lowest BCUT2D eigenvalue weighted by Crippen LogP contribution is -2.42. The van der Waals surface area contributed by atoms with E-state index < -0.39 is 9.84 Å². The van der Waals surface area contributed by atoms with E-state index in [0.29, 0.717) is 23.8 Å². The van der Waals surface area contributed by atoms with Crippen molar-refractivity contribution in [3.05, 3.63) is 24.3 Å². The largest absolute Gasteiger partial charge is 0.492 e. The van der Waals surface area contributed by atoms with Gasteiger partial charge in [-0.3, -0.25) is 4.99 Å². The highest BCUT2D eigenvalue weighted by Gasteiger charge is 2.26. The van der Waals surface area contributed by atoms with Crippen LogP contribution in [0.4, 0.5) is 0 Å². The van der Waals surface area contributed by atoms with Gasteiger partial charge in [-0.25, -0.2) is 8.42 Å². The van der Waals surface area contributed by atoms with E-state index in [0.717, 1.165) is 25.0 Å². The summed E-state index contributed by atoms with van der Waals surface area (Å²) in [5.74, 6) is 2.32. The van der Waals surface area contributed by atoms with E-state index in [1.54, 1.807) is 24.3 Å². The number of likely N-dealkylation sites (tertiary alicyclic amines) is 2. The third-order valence-electron chi connectivity index (χ3n) is 5.67. The zero-order valence-electron chi connectivity index (χ0n) is 17.6. The first-order chi connectivity index (χ1) is 14.0. The van der Waals surface area contributed by atoms with Gasteiger partial charge in [0.05, 0.1) is 11.4 Å². The first-order valence-electron chi connectivity index (χ1n) is 10.6. The molecule has 2 aliphatic rings. The molecule has 162 valence electrons. The number of aliphatic imine (C=N–C) groups is 1. The van der Waals surface area contributed by atoms with Gasteiger partial charge in [-0.1, -0.05) is 6.42 Å². The number of benzene rings is 1. The Morgan fingerprint density at radius 2 is 1.90 bits per heavy atom. The van der Waals surface area contributed by atoms with Gasteiger partial charge in [-0.2, -0.15) is 0 Å². The SMILES string of the molecule is CN=C(NCCOc1ccc(S(C)(=O)=O)cc1)N1CCC(CN2CCCCC2)C1. The Balaban J connectivity index is 1.38. The van der Waals surface area contributed by atoms with Crippen LogP contribution in [0.3, 0.4) is 0 Å². The Hall–Kier alpha value is -1.80. The van der Waals surface area contributed by atoms with Crippen LogP contribution in [0.2, 0.25) is 0 Å². The highest BCUT2D eigenvalue weighted by molar-refractivity contribution is 7.90. The number of piperidine rings is 1. The quantitative estimate of drug-likeness (QED) is 0.411. The summed E-state index contributed by atoms with van der Waals surface area (Å²) in [5, 5.41) is 3.38. The molecule has 2 saturated heterocycles. The summed E-state index contributed by atoms with van der Waals surface area (Å²) in [7, 11) is -1.35. The van der Waals surface area contributed by atoms with Gasteiger partial charge in [0.15, 0.2) is 15.8 Å². The first-order valence-corrected chi connectivity index (χ1v) is 12.5. The third-order valence-corrected chi connectivity index (χ3v) is 6.80. The molecule has 0 aliphatic carbocycles. The van der Waals surface area contributed by atoms with Gasteiger partial charge in [0.25, 0.3) is 0 Å². The van der Waals surface area contributed by atoms with Gasteiger partial charge >= 0.3 is 0 Å². The minimum absolute atomic E-state index is 0.302. The topological polar surface area (TPSA) is 74.2 Å². The molecule has 1 unspecified atom stereocenters. The second-order valence-electron chi connectivity index (χ2n) is 8.03. The molecule has 7 nitrogen and oxygen atoms in total. The molecular formula is C21H34N4O3S. The summed E-state index contributed by atoms with van der Waals surface area (Å²) in [6.07, 6.45) is 6.50. The highest BCUT2D eigenvalue weighted by Crippen LogP contribution is 2.20. The van der Waals surface area contributed by atoms with E-state index in [-0.39, 0.29) is 0 Å². The van der Waals surface area contributed by atoms with Crippen LogP contribution in [0.25, 0.3) is 0 Å². The van der Waals surface area contributed by atoms with E-state index in [4.69, 9.17) is 4.74 Å². The Morgan fingerprint density at radius 1 is 1.17 bits per heavy atom. The van der Waals surface area contributed by atoms with Crippen LogP contribution in [-0.4, -0.2) is 83.4 Å². The number of ether oxygens (including phenoxy) is 1. The van der Waals surface area contributed by atoms with Crippen LogP contribution in [-0.2, 0) is 9.84 Å². The van der Waals surface area contributed by atoms with Crippen LogP contribution >= 0.6 is 0 Å². The molecule has 3 rings (SSSR count). The number of rotatable bonds is 7. The number of sulfone groups is 1.